The van der Waals surface area contributed by atoms with Crippen LogP contribution in [0.5, 0.6) is 0 Å². The number of aryl methyl sites for hydroxylation is 2. The Kier molecular flexibility index (Phi) is 16.7. The summed E-state index contributed by atoms with van der Waals surface area (Å²) in [5.74, 6) is -3.61. The van der Waals surface area contributed by atoms with Gasteiger partial charge in [-0.2, -0.15) is 13.2 Å². The van der Waals surface area contributed by atoms with E-state index in [9.17, 15) is 32.3 Å². The number of nitrogens with zero attached hydrogens (tertiary/aromatic N) is 2. The number of nitrogens with one attached hydrogen (secondary N) is 2. The predicted octanol–water partition coefficient (Wildman–Crippen LogP) is 7.00. The molecule has 5 rings (SSSR count). The molecule has 6 N–H and O–H groups in total. The fourth-order valence-corrected chi connectivity index (χ4v) is 7.60. The van der Waals surface area contributed by atoms with Crippen molar-refractivity contribution in [3.63, 3.8) is 0 Å². The first kappa shape index (κ1) is 46.1. The highest BCUT2D eigenvalue weighted by atomic mass is 35.5. The Morgan fingerprint density at radius 3 is 2.23 bits per heavy atom. The number of amides is 4. The Hall–Kier alpha value is -4.24. The number of likely N-dealkylation sites (tertiary alicyclic amines) is 1. The molecular formula is C40H50Cl2F4N6O4. The molecule has 56 heavy (non-hydrogen) atoms. The fraction of sp³-hybridized carbons (Fsp3) is 0.450. The maximum Gasteiger partial charge on any atom is 0.416 e. The van der Waals surface area contributed by atoms with E-state index in [1.807, 2.05) is 0 Å². The van der Waals surface area contributed by atoms with Crippen molar-refractivity contribution >= 4 is 59.8 Å². The topological polar surface area (TPSA) is 151 Å². The lowest BCUT2D eigenvalue weighted by Gasteiger charge is -2.41. The third kappa shape index (κ3) is 10.8. The summed E-state index contributed by atoms with van der Waals surface area (Å²) in [7, 11) is 0. The summed E-state index contributed by atoms with van der Waals surface area (Å²) in [6.45, 7) is 3.28. The van der Waals surface area contributed by atoms with Crippen LogP contribution in [-0.2, 0) is 20.6 Å². The van der Waals surface area contributed by atoms with E-state index in [1.54, 1.807) is 42.2 Å². The van der Waals surface area contributed by atoms with Crippen molar-refractivity contribution in [2.45, 2.75) is 89.5 Å². The Morgan fingerprint density at radius 2 is 1.61 bits per heavy atom. The summed E-state index contributed by atoms with van der Waals surface area (Å²) in [6, 6.07) is 12.9. The lowest BCUT2D eigenvalue weighted by molar-refractivity contribution is -0.138. The highest BCUT2D eigenvalue weighted by Crippen LogP contribution is 2.40. The molecule has 3 aromatic rings. The summed E-state index contributed by atoms with van der Waals surface area (Å²) in [5.41, 5.74) is 11.9. The molecule has 4 amide bonds. The zero-order valence-electron chi connectivity index (χ0n) is 31.4. The molecule has 306 valence electrons. The monoisotopic (exact) mass is 824 g/mol. The van der Waals surface area contributed by atoms with E-state index in [0.29, 0.717) is 49.0 Å². The molecule has 3 atom stereocenters. The van der Waals surface area contributed by atoms with Crippen molar-refractivity contribution in [2.24, 2.45) is 17.4 Å². The first-order chi connectivity index (χ1) is 25.7. The quantitative estimate of drug-likeness (QED) is 0.145. The third-order valence-corrected chi connectivity index (χ3v) is 10.4. The van der Waals surface area contributed by atoms with Gasteiger partial charge in [0.2, 0.25) is 17.7 Å². The van der Waals surface area contributed by atoms with E-state index in [-0.39, 0.29) is 66.7 Å². The summed E-state index contributed by atoms with van der Waals surface area (Å²) >= 11 is 0. The van der Waals surface area contributed by atoms with Gasteiger partial charge in [0, 0.05) is 24.0 Å². The van der Waals surface area contributed by atoms with Gasteiger partial charge in [-0.15, -0.1) is 24.8 Å². The lowest BCUT2D eigenvalue weighted by Crippen LogP contribution is -2.48. The number of carbonyl (C=O) groups is 4. The van der Waals surface area contributed by atoms with Gasteiger partial charge in [0.1, 0.15) is 5.82 Å². The lowest BCUT2D eigenvalue weighted by atomic mass is 9.83. The average molecular weight is 826 g/mol. The molecule has 16 heteroatoms. The van der Waals surface area contributed by atoms with E-state index < -0.39 is 53.3 Å². The summed E-state index contributed by atoms with van der Waals surface area (Å²) < 4.78 is 56.3. The van der Waals surface area contributed by atoms with Crippen LogP contribution in [0.4, 0.5) is 28.9 Å². The average Bonchev–Trinajstić information content (AvgIpc) is 3.67. The van der Waals surface area contributed by atoms with Gasteiger partial charge in [0.05, 0.1) is 35.7 Å². The van der Waals surface area contributed by atoms with Gasteiger partial charge in [-0.25, -0.2) is 4.39 Å². The molecule has 0 unspecified atom stereocenters. The number of halogens is 6. The number of nitrogens with two attached hydrogens (primary N) is 2. The van der Waals surface area contributed by atoms with E-state index in [1.165, 1.54) is 36.1 Å². The molecule has 0 aromatic heterocycles. The van der Waals surface area contributed by atoms with E-state index in [2.05, 4.69) is 10.6 Å². The van der Waals surface area contributed by atoms with E-state index in [4.69, 9.17) is 11.5 Å². The first-order valence-corrected chi connectivity index (χ1v) is 18.4. The molecule has 2 aliphatic rings. The maximum atomic E-state index is 15.2. The standard InChI is InChI=1S/C40H48F4N6O4.2ClH/c1-24-14-17-27(22-31(24)40(42,43)44)48-37(52)30-11-7-21-49(39(54)35-25(2)8-5-12-32(35)41)36(30)26-15-18-29(19-16-26)50(28-9-3-4-10-28)34(51)23-47-38(53)33(46)13-6-20-45;;/h5,8,12,14-19,22,28,30,33,36H,3-4,6-7,9-11,13,20-21,23,45-46H2,1-2H3,(H,47,53)(H,48,52);2*1H/t30-,33-,36-;;/m0../s1. The number of rotatable bonds is 12. The van der Waals surface area contributed by atoms with Crippen LogP contribution < -0.4 is 27.0 Å². The number of benzene rings is 3. The molecule has 0 radical (unpaired) electrons. The van der Waals surface area contributed by atoms with Crippen molar-refractivity contribution in [1.82, 2.24) is 10.2 Å². The molecule has 0 bridgehead atoms. The highest BCUT2D eigenvalue weighted by molar-refractivity contribution is 5.99. The van der Waals surface area contributed by atoms with Gasteiger partial charge >= 0.3 is 6.18 Å². The maximum absolute atomic E-state index is 15.2. The number of piperidine rings is 1. The Bertz CT molecular complexity index is 1820. The van der Waals surface area contributed by atoms with Crippen LogP contribution in [0.3, 0.4) is 0 Å². The second-order valence-electron chi connectivity index (χ2n) is 14.2. The summed E-state index contributed by atoms with van der Waals surface area (Å²) in [5, 5.41) is 5.29. The van der Waals surface area contributed by atoms with Crippen LogP contribution in [0.2, 0.25) is 0 Å². The second-order valence-corrected chi connectivity index (χ2v) is 14.2. The molecule has 10 nitrogen and oxygen atoms in total. The van der Waals surface area contributed by atoms with Gasteiger partial charge in [0.15, 0.2) is 0 Å². The summed E-state index contributed by atoms with van der Waals surface area (Å²) in [6.07, 6.45) is 0.413. The zero-order chi connectivity index (χ0) is 39.2. The van der Waals surface area contributed by atoms with Crippen molar-refractivity contribution in [1.29, 1.82) is 0 Å². The Balaban J connectivity index is 0.00000420. The number of carbonyl (C=O) groups excluding carboxylic acids is 4. The van der Waals surface area contributed by atoms with Crippen LogP contribution in [0.1, 0.15) is 90.0 Å². The van der Waals surface area contributed by atoms with Gasteiger partial charge in [-0.3, -0.25) is 19.2 Å². The van der Waals surface area contributed by atoms with E-state index >= 15 is 4.39 Å². The Morgan fingerprint density at radius 1 is 0.929 bits per heavy atom. The van der Waals surface area contributed by atoms with Gasteiger partial charge in [0.25, 0.3) is 5.91 Å². The van der Waals surface area contributed by atoms with Gasteiger partial charge in [-0.05, 0) is 106 Å². The molecule has 1 aliphatic carbocycles. The van der Waals surface area contributed by atoms with Crippen molar-refractivity contribution in [3.05, 3.63) is 94.3 Å². The normalized spacial score (nSPS) is 17.6. The number of alkyl halides is 3. The SMILES string of the molecule is Cc1ccc(NC(=O)[C@H]2CCCN(C(=O)c3c(C)cccc3F)[C@H]2c2ccc(N(C(=O)CNC(=O)[C@@H](N)CCCN)C3CCCC3)cc2)cc1C(F)(F)F.Cl.Cl. The Labute approximate surface area is 336 Å². The smallest absolute Gasteiger partial charge is 0.346 e. The fourth-order valence-electron chi connectivity index (χ4n) is 7.60. The minimum absolute atomic E-state index is 0. The molecule has 0 spiro atoms. The first-order valence-electron chi connectivity index (χ1n) is 18.4. The van der Waals surface area contributed by atoms with Crippen LogP contribution in [0.15, 0.2) is 60.7 Å². The number of anilines is 2. The third-order valence-electron chi connectivity index (χ3n) is 10.4. The second kappa shape index (κ2) is 20.3. The molecule has 1 aliphatic heterocycles. The van der Waals surface area contributed by atoms with Crippen molar-refractivity contribution in [3.8, 4) is 0 Å². The van der Waals surface area contributed by atoms with E-state index in [0.717, 1.165) is 31.7 Å². The summed E-state index contributed by atoms with van der Waals surface area (Å²) in [4.78, 5) is 57.5. The molecule has 3 aromatic carbocycles. The predicted molar refractivity (Wildman–Crippen MR) is 212 cm³/mol. The molecule has 1 saturated heterocycles. The van der Waals surface area contributed by atoms with Crippen LogP contribution in [0.25, 0.3) is 0 Å². The molecule has 2 fully saturated rings. The minimum Gasteiger partial charge on any atom is -0.346 e. The van der Waals surface area contributed by atoms with Crippen LogP contribution >= 0.6 is 24.8 Å². The van der Waals surface area contributed by atoms with Crippen LogP contribution in [-0.4, -0.2) is 60.2 Å². The van der Waals surface area contributed by atoms with Gasteiger partial charge in [-0.1, -0.05) is 43.2 Å². The molecular weight excluding hydrogens is 775 g/mol. The highest BCUT2D eigenvalue weighted by Gasteiger charge is 2.41. The van der Waals surface area contributed by atoms with Crippen molar-refractivity contribution < 1.29 is 36.7 Å². The zero-order valence-corrected chi connectivity index (χ0v) is 33.0. The molecule has 1 heterocycles. The number of hydrogen-bond donors (Lipinski definition) is 4. The minimum atomic E-state index is -4.63. The largest absolute Gasteiger partial charge is 0.416 e. The van der Waals surface area contributed by atoms with Crippen LogP contribution in [0, 0.1) is 25.6 Å². The molecule has 1 saturated carbocycles. The number of hydrogen-bond acceptors (Lipinski definition) is 6. The van der Waals surface area contributed by atoms with Gasteiger partial charge < -0.3 is 31.9 Å². The van der Waals surface area contributed by atoms with Crippen molar-refractivity contribution in [2.75, 3.05) is 29.9 Å².